The van der Waals surface area contributed by atoms with Crippen LogP contribution in [0.15, 0.2) is 60.7 Å². The van der Waals surface area contributed by atoms with Gasteiger partial charge in [0.15, 0.2) is 11.5 Å². The van der Waals surface area contributed by atoms with Gasteiger partial charge in [0.1, 0.15) is 0 Å². The van der Waals surface area contributed by atoms with Gasteiger partial charge < -0.3 is 20.6 Å². The molecule has 0 aliphatic carbocycles. The highest BCUT2D eigenvalue weighted by molar-refractivity contribution is 5.85. The van der Waals surface area contributed by atoms with Gasteiger partial charge in [-0.15, -0.1) is 0 Å². The van der Waals surface area contributed by atoms with E-state index >= 15 is 0 Å². The molecule has 0 heterocycles. The molecule has 0 spiro atoms. The SMILES string of the molecule is Oc1ccc(C(O)CNc2ccc3ccccc3c2)cc1O. The molecule has 4 nitrogen and oxygen atoms in total. The Morgan fingerprint density at radius 3 is 2.36 bits per heavy atom. The number of aliphatic hydroxyl groups is 1. The van der Waals surface area contributed by atoms with Gasteiger partial charge in [-0.05, 0) is 40.6 Å². The van der Waals surface area contributed by atoms with E-state index in [4.69, 9.17) is 0 Å². The summed E-state index contributed by atoms with van der Waals surface area (Å²) in [4.78, 5) is 0. The molecule has 0 aliphatic heterocycles. The average molecular weight is 295 g/mol. The maximum Gasteiger partial charge on any atom is 0.157 e. The van der Waals surface area contributed by atoms with E-state index in [0.717, 1.165) is 16.5 Å². The summed E-state index contributed by atoms with van der Waals surface area (Å²) in [6.45, 7) is 0.308. The molecule has 22 heavy (non-hydrogen) atoms. The van der Waals surface area contributed by atoms with Crippen LogP contribution in [0, 0.1) is 0 Å². The molecule has 4 heteroatoms. The topological polar surface area (TPSA) is 72.7 Å². The van der Waals surface area contributed by atoms with Gasteiger partial charge in [0.05, 0.1) is 6.10 Å². The van der Waals surface area contributed by atoms with E-state index in [2.05, 4.69) is 5.32 Å². The lowest BCUT2D eigenvalue weighted by atomic mass is 10.1. The molecule has 0 aromatic heterocycles. The Balaban J connectivity index is 1.71. The van der Waals surface area contributed by atoms with Crippen LogP contribution in [0.1, 0.15) is 11.7 Å². The molecular formula is C18H17NO3. The second kappa shape index (κ2) is 5.95. The maximum absolute atomic E-state index is 10.2. The Morgan fingerprint density at radius 2 is 1.59 bits per heavy atom. The first kappa shape index (κ1) is 14.2. The first-order valence-electron chi connectivity index (χ1n) is 7.06. The normalized spacial score (nSPS) is 12.2. The van der Waals surface area contributed by atoms with Gasteiger partial charge >= 0.3 is 0 Å². The van der Waals surface area contributed by atoms with Crippen LogP contribution in [0.3, 0.4) is 0 Å². The fraction of sp³-hybridized carbons (Fsp3) is 0.111. The molecule has 0 radical (unpaired) electrons. The number of aromatic hydroxyl groups is 2. The third-order valence-corrected chi connectivity index (χ3v) is 3.63. The third-order valence-electron chi connectivity index (χ3n) is 3.63. The first-order chi connectivity index (χ1) is 10.6. The zero-order chi connectivity index (χ0) is 15.5. The molecular weight excluding hydrogens is 278 g/mol. The Morgan fingerprint density at radius 1 is 0.818 bits per heavy atom. The Kier molecular flexibility index (Phi) is 3.85. The summed E-state index contributed by atoms with van der Waals surface area (Å²) in [6.07, 6.45) is -0.780. The molecule has 0 aliphatic rings. The molecule has 1 unspecified atom stereocenters. The van der Waals surface area contributed by atoms with Gasteiger partial charge in [0, 0.05) is 12.2 Å². The zero-order valence-electron chi connectivity index (χ0n) is 11.9. The van der Waals surface area contributed by atoms with Crippen molar-refractivity contribution in [3.8, 4) is 11.5 Å². The minimum atomic E-state index is -0.780. The zero-order valence-corrected chi connectivity index (χ0v) is 11.9. The van der Waals surface area contributed by atoms with Crippen LogP contribution in [0.25, 0.3) is 10.8 Å². The summed E-state index contributed by atoms with van der Waals surface area (Å²) in [5.74, 6) is -0.430. The number of nitrogens with one attached hydrogen (secondary N) is 1. The van der Waals surface area contributed by atoms with Crippen molar-refractivity contribution in [2.45, 2.75) is 6.10 Å². The quantitative estimate of drug-likeness (QED) is 0.557. The van der Waals surface area contributed by atoms with Gasteiger partial charge in [-0.2, -0.15) is 0 Å². The Bertz CT molecular complexity index is 801. The summed E-state index contributed by atoms with van der Waals surface area (Å²) in [7, 11) is 0. The van der Waals surface area contributed by atoms with E-state index in [0.29, 0.717) is 12.1 Å². The first-order valence-corrected chi connectivity index (χ1v) is 7.06. The molecule has 3 aromatic rings. The minimum Gasteiger partial charge on any atom is -0.504 e. The van der Waals surface area contributed by atoms with Crippen molar-refractivity contribution < 1.29 is 15.3 Å². The highest BCUT2D eigenvalue weighted by Crippen LogP contribution is 2.28. The highest BCUT2D eigenvalue weighted by Gasteiger charge is 2.10. The third kappa shape index (κ3) is 2.97. The molecule has 0 bridgehead atoms. The molecule has 112 valence electrons. The molecule has 3 rings (SSSR count). The lowest BCUT2D eigenvalue weighted by molar-refractivity contribution is 0.191. The van der Waals surface area contributed by atoms with Crippen LogP contribution in [-0.2, 0) is 0 Å². The number of phenolic OH excluding ortho intramolecular Hbond substituents is 2. The molecule has 0 fully saturated rings. The number of phenols is 2. The van der Waals surface area contributed by atoms with Crippen molar-refractivity contribution in [3.05, 3.63) is 66.2 Å². The summed E-state index contributed by atoms with van der Waals surface area (Å²) in [6, 6.07) is 18.4. The molecule has 0 amide bonds. The second-order valence-electron chi connectivity index (χ2n) is 5.21. The maximum atomic E-state index is 10.2. The van der Waals surface area contributed by atoms with E-state index in [9.17, 15) is 15.3 Å². The minimum absolute atomic E-state index is 0.196. The number of rotatable bonds is 4. The summed E-state index contributed by atoms with van der Waals surface area (Å²) in [5, 5.41) is 34.4. The lowest BCUT2D eigenvalue weighted by Crippen LogP contribution is -2.12. The van der Waals surface area contributed by atoms with Crippen molar-refractivity contribution >= 4 is 16.5 Å². The summed E-state index contributed by atoms with van der Waals surface area (Å²) >= 11 is 0. The molecule has 3 aromatic carbocycles. The van der Waals surface area contributed by atoms with E-state index in [1.165, 1.54) is 12.1 Å². The summed E-state index contributed by atoms with van der Waals surface area (Å²) in [5.41, 5.74) is 1.46. The number of hydrogen-bond acceptors (Lipinski definition) is 4. The van der Waals surface area contributed by atoms with Gasteiger partial charge in [-0.3, -0.25) is 0 Å². The smallest absolute Gasteiger partial charge is 0.157 e. The van der Waals surface area contributed by atoms with Crippen LogP contribution in [-0.4, -0.2) is 21.9 Å². The molecule has 0 saturated heterocycles. The standard InChI is InChI=1S/C18H17NO3/c20-16-8-6-14(10-17(16)21)18(22)11-19-15-7-5-12-3-1-2-4-13(12)9-15/h1-10,18-22H,11H2. The average Bonchev–Trinajstić information content (AvgIpc) is 2.55. The van der Waals surface area contributed by atoms with E-state index in [1.807, 2.05) is 42.5 Å². The van der Waals surface area contributed by atoms with Crippen molar-refractivity contribution in [1.82, 2.24) is 0 Å². The van der Waals surface area contributed by atoms with Crippen LogP contribution in [0.4, 0.5) is 5.69 Å². The Labute approximate surface area is 128 Å². The van der Waals surface area contributed by atoms with Crippen LogP contribution in [0.5, 0.6) is 11.5 Å². The van der Waals surface area contributed by atoms with Crippen molar-refractivity contribution in [2.75, 3.05) is 11.9 Å². The van der Waals surface area contributed by atoms with Crippen LogP contribution < -0.4 is 5.32 Å². The Hall–Kier alpha value is -2.72. The van der Waals surface area contributed by atoms with Crippen molar-refractivity contribution in [1.29, 1.82) is 0 Å². The highest BCUT2D eigenvalue weighted by atomic mass is 16.3. The fourth-order valence-electron chi connectivity index (χ4n) is 2.38. The van der Waals surface area contributed by atoms with Crippen molar-refractivity contribution in [3.63, 3.8) is 0 Å². The largest absolute Gasteiger partial charge is 0.504 e. The molecule has 1 atom stereocenters. The van der Waals surface area contributed by atoms with E-state index in [1.54, 1.807) is 6.07 Å². The second-order valence-corrected chi connectivity index (χ2v) is 5.21. The van der Waals surface area contributed by atoms with Gasteiger partial charge in [0.25, 0.3) is 0 Å². The van der Waals surface area contributed by atoms with Crippen molar-refractivity contribution in [2.24, 2.45) is 0 Å². The predicted octanol–water partition coefficient (Wildman–Crippen LogP) is 3.40. The summed E-state index contributed by atoms with van der Waals surface area (Å²) < 4.78 is 0. The number of fused-ring (bicyclic) bond motifs is 1. The van der Waals surface area contributed by atoms with E-state index < -0.39 is 6.10 Å². The van der Waals surface area contributed by atoms with Gasteiger partial charge in [0.2, 0.25) is 0 Å². The van der Waals surface area contributed by atoms with Crippen LogP contribution >= 0.6 is 0 Å². The van der Waals surface area contributed by atoms with Gasteiger partial charge in [-0.25, -0.2) is 0 Å². The fourth-order valence-corrected chi connectivity index (χ4v) is 2.38. The molecule has 0 saturated carbocycles. The predicted molar refractivity (Wildman–Crippen MR) is 87.2 cm³/mol. The number of aliphatic hydroxyl groups excluding tert-OH is 1. The number of hydrogen-bond donors (Lipinski definition) is 4. The number of anilines is 1. The lowest BCUT2D eigenvalue weighted by Gasteiger charge is -2.14. The number of benzene rings is 3. The van der Waals surface area contributed by atoms with Gasteiger partial charge in [-0.1, -0.05) is 36.4 Å². The van der Waals surface area contributed by atoms with E-state index in [-0.39, 0.29) is 11.5 Å². The monoisotopic (exact) mass is 295 g/mol. The molecule has 4 N–H and O–H groups in total. The van der Waals surface area contributed by atoms with Crippen LogP contribution in [0.2, 0.25) is 0 Å².